The number of carbonyl (C=O) groups excluding carboxylic acids is 1. The highest BCUT2D eigenvalue weighted by atomic mass is 35.5. The first-order valence-corrected chi connectivity index (χ1v) is 11.4. The molecule has 34 heavy (non-hydrogen) atoms. The molecular weight excluding hydrogens is 481 g/mol. The van der Waals surface area contributed by atoms with Crippen LogP contribution in [0.25, 0.3) is 11.4 Å². The standard InChI is InChI=1S/C23H17ClFN5O3S/c24-16-10-11-19(20(12-16)30(32)33)26-21(31)14-34-23-28-27-22(17-8-4-5-9-18(17)25)29(23)13-15-6-2-1-3-7-15/h1-12H,13-14H2,(H,26,31). The normalized spacial score (nSPS) is 10.8. The molecule has 0 fully saturated rings. The van der Waals surface area contributed by atoms with Crippen LogP contribution >= 0.6 is 23.4 Å². The minimum absolute atomic E-state index is 0.0396. The molecule has 3 aromatic carbocycles. The van der Waals surface area contributed by atoms with Gasteiger partial charge in [0.05, 0.1) is 22.8 Å². The molecule has 0 atom stereocenters. The maximum absolute atomic E-state index is 14.5. The molecule has 8 nitrogen and oxygen atoms in total. The molecule has 1 amide bonds. The zero-order chi connectivity index (χ0) is 24.1. The molecule has 0 saturated heterocycles. The number of thioether (sulfide) groups is 1. The molecule has 0 spiro atoms. The summed E-state index contributed by atoms with van der Waals surface area (Å²) in [5, 5.41) is 22.7. The second-order valence-electron chi connectivity index (χ2n) is 7.11. The Kier molecular flexibility index (Phi) is 7.19. The maximum atomic E-state index is 14.5. The van der Waals surface area contributed by atoms with Crippen molar-refractivity contribution in [2.45, 2.75) is 11.7 Å². The minimum atomic E-state index is -0.619. The third-order valence-corrected chi connectivity index (χ3v) is 5.98. The van der Waals surface area contributed by atoms with Gasteiger partial charge in [-0.05, 0) is 29.8 Å². The van der Waals surface area contributed by atoms with Crippen molar-refractivity contribution < 1.29 is 14.1 Å². The summed E-state index contributed by atoms with van der Waals surface area (Å²) >= 11 is 6.91. The van der Waals surface area contributed by atoms with Crippen molar-refractivity contribution >= 4 is 40.6 Å². The van der Waals surface area contributed by atoms with Gasteiger partial charge in [0.1, 0.15) is 11.5 Å². The van der Waals surface area contributed by atoms with Crippen molar-refractivity contribution in [1.29, 1.82) is 0 Å². The summed E-state index contributed by atoms with van der Waals surface area (Å²) in [6, 6.07) is 19.8. The van der Waals surface area contributed by atoms with Crippen LogP contribution in [0.1, 0.15) is 5.56 Å². The summed E-state index contributed by atoms with van der Waals surface area (Å²) in [5.41, 5.74) is 0.972. The van der Waals surface area contributed by atoms with Crippen molar-refractivity contribution in [3.8, 4) is 11.4 Å². The quantitative estimate of drug-likeness (QED) is 0.198. The Morgan fingerprint density at radius 1 is 1.09 bits per heavy atom. The minimum Gasteiger partial charge on any atom is -0.320 e. The summed E-state index contributed by atoms with van der Waals surface area (Å²) in [5.74, 6) is -0.673. The van der Waals surface area contributed by atoms with Crippen LogP contribution in [0.4, 0.5) is 15.8 Å². The predicted molar refractivity (Wildman–Crippen MR) is 128 cm³/mol. The Labute approximate surface area is 202 Å². The first-order valence-electron chi connectivity index (χ1n) is 10.0. The number of aromatic nitrogens is 3. The van der Waals surface area contributed by atoms with Crippen molar-refractivity contribution in [3.05, 3.63) is 99.3 Å². The van der Waals surface area contributed by atoms with Gasteiger partial charge in [-0.3, -0.25) is 19.5 Å². The first-order chi connectivity index (χ1) is 16.4. The molecule has 0 aliphatic carbocycles. The molecule has 4 aromatic rings. The van der Waals surface area contributed by atoms with E-state index in [4.69, 9.17) is 11.6 Å². The average Bonchev–Trinajstić information content (AvgIpc) is 3.21. The summed E-state index contributed by atoms with van der Waals surface area (Å²) in [7, 11) is 0. The van der Waals surface area contributed by atoms with Crippen LogP contribution in [0.15, 0.2) is 78.0 Å². The number of anilines is 1. The fraction of sp³-hybridized carbons (Fsp3) is 0.0870. The lowest BCUT2D eigenvalue weighted by molar-refractivity contribution is -0.383. The fourth-order valence-electron chi connectivity index (χ4n) is 3.22. The summed E-state index contributed by atoms with van der Waals surface area (Å²) in [6.45, 7) is 0.365. The van der Waals surface area contributed by atoms with Gasteiger partial charge in [0, 0.05) is 11.1 Å². The van der Waals surface area contributed by atoms with E-state index in [0.717, 1.165) is 17.3 Å². The lowest BCUT2D eigenvalue weighted by Crippen LogP contribution is -2.16. The third-order valence-electron chi connectivity index (χ3n) is 4.78. The van der Waals surface area contributed by atoms with Gasteiger partial charge in [-0.2, -0.15) is 0 Å². The third kappa shape index (κ3) is 5.41. The van der Waals surface area contributed by atoms with Gasteiger partial charge in [0.2, 0.25) is 5.91 Å². The van der Waals surface area contributed by atoms with E-state index < -0.39 is 16.6 Å². The lowest BCUT2D eigenvalue weighted by Gasteiger charge is -2.11. The van der Waals surface area contributed by atoms with Crippen LogP contribution in [0.5, 0.6) is 0 Å². The van der Waals surface area contributed by atoms with Crippen LogP contribution in [-0.2, 0) is 11.3 Å². The van der Waals surface area contributed by atoms with E-state index in [2.05, 4.69) is 15.5 Å². The molecule has 1 N–H and O–H groups in total. The zero-order valence-corrected chi connectivity index (χ0v) is 19.1. The summed E-state index contributed by atoms with van der Waals surface area (Å²) < 4.78 is 16.2. The molecule has 0 radical (unpaired) electrons. The van der Waals surface area contributed by atoms with E-state index in [1.165, 1.54) is 24.3 Å². The number of nitro groups is 1. The van der Waals surface area contributed by atoms with Gasteiger partial charge < -0.3 is 5.32 Å². The van der Waals surface area contributed by atoms with Crippen LogP contribution in [0.2, 0.25) is 5.02 Å². The number of rotatable bonds is 8. The van der Waals surface area contributed by atoms with E-state index in [0.29, 0.717) is 23.1 Å². The number of carbonyl (C=O) groups is 1. The topological polar surface area (TPSA) is 103 Å². The number of amides is 1. The Morgan fingerprint density at radius 3 is 2.56 bits per heavy atom. The van der Waals surface area contributed by atoms with Crippen LogP contribution in [-0.4, -0.2) is 31.3 Å². The van der Waals surface area contributed by atoms with E-state index in [1.54, 1.807) is 22.8 Å². The van der Waals surface area contributed by atoms with Crippen LogP contribution < -0.4 is 5.32 Å². The zero-order valence-electron chi connectivity index (χ0n) is 17.5. The molecule has 0 bridgehead atoms. The number of nitrogens with zero attached hydrogens (tertiary/aromatic N) is 4. The average molecular weight is 498 g/mol. The fourth-order valence-corrected chi connectivity index (χ4v) is 4.13. The molecule has 0 unspecified atom stereocenters. The molecule has 4 rings (SSSR count). The maximum Gasteiger partial charge on any atom is 0.294 e. The van der Waals surface area contributed by atoms with Gasteiger partial charge in [-0.1, -0.05) is 65.8 Å². The van der Waals surface area contributed by atoms with Gasteiger partial charge in [-0.15, -0.1) is 10.2 Å². The van der Waals surface area contributed by atoms with E-state index >= 15 is 0 Å². The van der Waals surface area contributed by atoms with Crippen molar-refractivity contribution in [2.75, 3.05) is 11.1 Å². The summed E-state index contributed by atoms with van der Waals surface area (Å²) in [4.78, 5) is 23.2. The highest BCUT2D eigenvalue weighted by Crippen LogP contribution is 2.29. The first kappa shape index (κ1) is 23.4. The number of nitrogens with one attached hydrogen (secondary N) is 1. The Bertz CT molecular complexity index is 1350. The van der Waals surface area contributed by atoms with Gasteiger partial charge in [-0.25, -0.2) is 4.39 Å². The molecule has 0 aliphatic rings. The number of hydrogen-bond acceptors (Lipinski definition) is 6. The molecule has 172 valence electrons. The molecule has 0 saturated carbocycles. The Morgan fingerprint density at radius 2 is 1.82 bits per heavy atom. The van der Waals surface area contributed by atoms with Gasteiger partial charge in [0.15, 0.2) is 11.0 Å². The van der Waals surface area contributed by atoms with E-state index in [9.17, 15) is 19.3 Å². The number of hydrogen-bond donors (Lipinski definition) is 1. The SMILES string of the molecule is O=C(CSc1nnc(-c2ccccc2F)n1Cc1ccccc1)Nc1ccc(Cl)cc1[N+](=O)[O-]. The molecule has 11 heteroatoms. The van der Waals surface area contributed by atoms with Crippen LogP contribution in [0.3, 0.4) is 0 Å². The Hall–Kier alpha value is -3.76. The largest absolute Gasteiger partial charge is 0.320 e. The van der Waals surface area contributed by atoms with Gasteiger partial charge >= 0.3 is 0 Å². The monoisotopic (exact) mass is 497 g/mol. The smallest absolute Gasteiger partial charge is 0.294 e. The second kappa shape index (κ2) is 10.4. The molecule has 1 heterocycles. The second-order valence-corrected chi connectivity index (χ2v) is 8.49. The number of benzene rings is 3. The number of halogens is 2. The lowest BCUT2D eigenvalue weighted by atomic mass is 10.2. The highest BCUT2D eigenvalue weighted by Gasteiger charge is 2.20. The van der Waals surface area contributed by atoms with E-state index in [-0.39, 0.29) is 22.2 Å². The van der Waals surface area contributed by atoms with Crippen LogP contribution in [0, 0.1) is 15.9 Å². The summed E-state index contributed by atoms with van der Waals surface area (Å²) in [6.07, 6.45) is 0. The molecular formula is C23H17ClFN5O3S. The highest BCUT2D eigenvalue weighted by molar-refractivity contribution is 7.99. The molecule has 1 aromatic heterocycles. The van der Waals surface area contributed by atoms with Crippen molar-refractivity contribution in [2.24, 2.45) is 0 Å². The van der Waals surface area contributed by atoms with Crippen molar-refractivity contribution in [1.82, 2.24) is 14.8 Å². The predicted octanol–water partition coefficient (Wildman–Crippen LogP) is 5.42. The number of nitro benzene ring substituents is 1. The van der Waals surface area contributed by atoms with E-state index in [1.807, 2.05) is 30.3 Å². The Balaban J connectivity index is 1.57. The van der Waals surface area contributed by atoms with Gasteiger partial charge in [0.25, 0.3) is 5.69 Å². The van der Waals surface area contributed by atoms with Crippen molar-refractivity contribution in [3.63, 3.8) is 0 Å². The molecule has 0 aliphatic heterocycles.